The van der Waals surface area contributed by atoms with Gasteiger partial charge in [-0.2, -0.15) is 4.98 Å². The summed E-state index contributed by atoms with van der Waals surface area (Å²) in [4.78, 5) is 20.3. The van der Waals surface area contributed by atoms with Crippen LogP contribution in [-0.4, -0.2) is 33.9 Å². The molecule has 1 aliphatic heterocycles. The number of aromatic nitrogens is 2. The van der Waals surface area contributed by atoms with Crippen molar-refractivity contribution in [2.45, 2.75) is 37.3 Å². The number of hydrogen-bond acceptors (Lipinski definition) is 6. The fraction of sp³-hybridized carbons (Fsp3) is 0.333. The summed E-state index contributed by atoms with van der Waals surface area (Å²) in [6, 6.07) is 18.0. The zero-order valence-electron chi connectivity index (χ0n) is 19.6. The van der Waals surface area contributed by atoms with Crippen LogP contribution in [0.1, 0.15) is 31.2 Å². The molecule has 1 saturated heterocycles. The predicted octanol–water partition coefficient (Wildman–Crippen LogP) is 4.19. The summed E-state index contributed by atoms with van der Waals surface area (Å²) in [6.07, 6.45) is 3.40. The van der Waals surface area contributed by atoms with Crippen LogP contribution in [0.15, 0.2) is 63.8 Å². The largest absolute Gasteiger partial charge is 0.437 e. The van der Waals surface area contributed by atoms with Crippen molar-refractivity contribution in [3.8, 4) is 22.5 Å². The Bertz CT molecular complexity index is 1430. The standard InChI is InChI=1S/C27H28N4O3.ClH/c1-30-25(33)22-21(17-6-3-2-4-7-17)23(18-8-10-19(11-9-18)27(28)13-5-14-27)34-24(22)29-26(30)31-15-12-20(32)16-31;/h2-4,6-11,20,32H,5,12-16,28H2,1H3;1H/t20-;/m1./s1. The van der Waals surface area contributed by atoms with Crippen LogP contribution in [-0.2, 0) is 12.6 Å². The molecule has 1 aliphatic carbocycles. The van der Waals surface area contributed by atoms with Crippen molar-refractivity contribution >= 4 is 29.5 Å². The molecule has 2 aliphatic rings. The van der Waals surface area contributed by atoms with Crippen molar-refractivity contribution < 1.29 is 9.52 Å². The average Bonchev–Trinajstić information content (AvgIpc) is 3.44. The summed E-state index contributed by atoms with van der Waals surface area (Å²) in [7, 11) is 1.73. The van der Waals surface area contributed by atoms with Crippen molar-refractivity contribution in [2.75, 3.05) is 18.0 Å². The number of nitrogens with zero attached hydrogens (tertiary/aromatic N) is 3. The third-order valence-electron chi connectivity index (χ3n) is 7.39. The average molecular weight is 493 g/mol. The lowest BCUT2D eigenvalue weighted by Crippen LogP contribution is -2.43. The van der Waals surface area contributed by atoms with Crippen molar-refractivity contribution in [1.29, 1.82) is 0 Å². The number of aliphatic hydroxyl groups excluding tert-OH is 1. The van der Waals surface area contributed by atoms with Gasteiger partial charge in [-0.05, 0) is 36.8 Å². The molecular formula is C27H29ClN4O3. The highest BCUT2D eigenvalue weighted by molar-refractivity contribution is 6.00. The van der Waals surface area contributed by atoms with Gasteiger partial charge in [-0.25, -0.2) is 0 Å². The van der Waals surface area contributed by atoms with Gasteiger partial charge in [-0.3, -0.25) is 9.36 Å². The molecular weight excluding hydrogens is 464 g/mol. The van der Waals surface area contributed by atoms with E-state index in [1.54, 1.807) is 11.6 Å². The minimum absolute atomic E-state index is 0. The lowest BCUT2D eigenvalue weighted by molar-refractivity contribution is 0.198. The van der Waals surface area contributed by atoms with Gasteiger partial charge in [0.1, 0.15) is 11.1 Å². The molecule has 0 amide bonds. The SMILES string of the molecule is Cl.Cn1c(N2CC[C@@H](O)C2)nc2oc(-c3ccc(C4(N)CCC4)cc3)c(-c3ccccc3)c2c1=O. The van der Waals surface area contributed by atoms with Crippen LogP contribution in [0.4, 0.5) is 5.95 Å². The quantitative estimate of drug-likeness (QED) is 0.443. The summed E-state index contributed by atoms with van der Waals surface area (Å²) < 4.78 is 7.88. The number of halogens is 1. The maximum atomic E-state index is 13.6. The molecule has 7 nitrogen and oxygen atoms in total. The van der Waals surface area contributed by atoms with E-state index < -0.39 is 6.10 Å². The summed E-state index contributed by atoms with van der Waals surface area (Å²) in [5.74, 6) is 1.13. The number of fused-ring (bicyclic) bond motifs is 1. The van der Waals surface area contributed by atoms with Crippen LogP contribution in [0, 0.1) is 0 Å². The molecule has 35 heavy (non-hydrogen) atoms. The van der Waals surface area contributed by atoms with Gasteiger partial charge in [0.25, 0.3) is 5.56 Å². The van der Waals surface area contributed by atoms with Crippen LogP contribution in [0.25, 0.3) is 33.6 Å². The number of anilines is 1. The zero-order chi connectivity index (χ0) is 23.4. The van der Waals surface area contributed by atoms with E-state index in [-0.39, 0.29) is 23.5 Å². The number of nitrogens with two attached hydrogens (primary N) is 1. The van der Waals surface area contributed by atoms with Gasteiger partial charge in [0.15, 0.2) is 0 Å². The minimum Gasteiger partial charge on any atom is -0.437 e. The topological polar surface area (TPSA) is 97.5 Å². The molecule has 0 spiro atoms. The van der Waals surface area contributed by atoms with Crippen LogP contribution in [0.3, 0.4) is 0 Å². The van der Waals surface area contributed by atoms with E-state index in [0.29, 0.717) is 42.3 Å². The first-order valence-electron chi connectivity index (χ1n) is 11.9. The highest BCUT2D eigenvalue weighted by Gasteiger charge is 2.34. The summed E-state index contributed by atoms with van der Waals surface area (Å²) in [5.41, 5.74) is 10.1. The Labute approximate surface area is 209 Å². The van der Waals surface area contributed by atoms with Gasteiger partial charge in [-0.1, -0.05) is 54.6 Å². The Morgan fingerprint density at radius 3 is 2.40 bits per heavy atom. The fourth-order valence-electron chi connectivity index (χ4n) is 5.21. The Kier molecular flexibility index (Phi) is 5.95. The van der Waals surface area contributed by atoms with Gasteiger partial charge in [0.2, 0.25) is 11.7 Å². The number of furan rings is 1. The molecule has 0 unspecified atom stereocenters. The zero-order valence-corrected chi connectivity index (χ0v) is 20.4. The molecule has 3 N–H and O–H groups in total. The normalized spacial score (nSPS) is 18.9. The first kappa shape index (κ1) is 23.6. The van der Waals surface area contributed by atoms with Crippen molar-refractivity contribution in [3.63, 3.8) is 0 Å². The third-order valence-corrected chi connectivity index (χ3v) is 7.39. The Morgan fingerprint density at radius 2 is 1.80 bits per heavy atom. The van der Waals surface area contributed by atoms with Gasteiger partial charge in [-0.15, -0.1) is 12.4 Å². The lowest BCUT2D eigenvalue weighted by Gasteiger charge is -2.38. The van der Waals surface area contributed by atoms with Crippen LogP contribution < -0.4 is 16.2 Å². The Morgan fingerprint density at radius 1 is 1.09 bits per heavy atom. The fourth-order valence-corrected chi connectivity index (χ4v) is 5.21. The molecule has 2 aromatic carbocycles. The highest BCUT2D eigenvalue weighted by atomic mass is 35.5. The third kappa shape index (κ3) is 3.84. The first-order chi connectivity index (χ1) is 16.4. The first-order valence-corrected chi connectivity index (χ1v) is 11.9. The summed E-state index contributed by atoms with van der Waals surface area (Å²) in [5, 5.41) is 10.5. The maximum absolute atomic E-state index is 13.6. The predicted molar refractivity (Wildman–Crippen MR) is 140 cm³/mol. The molecule has 0 bridgehead atoms. The molecule has 182 valence electrons. The smallest absolute Gasteiger partial charge is 0.266 e. The van der Waals surface area contributed by atoms with Crippen LogP contribution >= 0.6 is 12.4 Å². The second-order valence-electron chi connectivity index (χ2n) is 9.60. The lowest BCUT2D eigenvalue weighted by atomic mass is 9.72. The minimum atomic E-state index is -0.417. The number of rotatable bonds is 4. The Balaban J connectivity index is 0.00000253. The van der Waals surface area contributed by atoms with E-state index in [0.717, 1.165) is 41.5 Å². The summed E-state index contributed by atoms with van der Waals surface area (Å²) >= 11 is 0. The van der Waals surface area contributed by atoms with Gasteiger partial charge < -0.3 is 20.2 Å². The summed E-state index contributed by atoms with van der Waals surface area (Å²) in [6.45, 7) is 1.10. The molecule has 2 fully saturated rings. The van der Waals surface area contributed by atoms with Gasteiger partial charge in [0.05, 0.1) is 6.10 Å². The molecule has 3 heterocycles. The second kappa shape index (κ2) is 8.82. The van der Waals surface area contributed by atoms with Crippen molar-refractivity contribution in [2.24, 2.45) is 12.8 Å². The number of β-amino-alcohol motifs (C(OH)–C–C–N with tert-alkyl or cyclic N) is 1. The molecule has 0 radical (unpaired) electrons. The number of benzene rings is 2. The molecule has 1 saturated carbocycles. The molecule has 6 rings (SSSR count). The molecule has 8 heteroatoms. The van der Waals surface area contributed by atoms with E-state index in [1.807, 2.05) is 47.4 Å². The monoisotopic (exact) mass is 492 g/mol. The molecule has 4 aromatic rings. The van der Waals surface area contributed by atoms with Crippen LogP contribution in [0.5, 0.6) is 0 Å². The van der Waals surface area contributed by atoms with Crippen molar-refractivity contribution in [1.82, 2.24) is 9.55 Å². The van der Waals surface area contributed by atoms with E-state index in [9.17, 15) is 9.90 Å². The number of aliphatic hydroxyl groups is 1. The van der Waals surface area contributed by atoms with E-state index in [1.165, 1.54) is 0 Å². The number of hydrogen-bond donors (Lipinski definition) is 2. The van der Waals surface area contributed by atoms with E-state index >= 15 is 0 Å². The highest BCUT2D eigenvalue weighted by Crippen LogP contribution is 2.42. The van der Waals surface area contributed by atoms with E-state index in [2.05, 4.69) is 12.1 Å². The Hall–Kier alpha value is -3.13. The second-order valence-corrected chi connectivity index (χ2v) is 9.60. The van der Waals surface area contributed by atoms with Gasteiger partial charge in [0, 0.05) is 36.8 Å². The maximum Gasteiger partial charge on any atom is 0.266 e. The molecule has 2 aromatic heterocycles. The van der Waals surface area contributed by atoms with Gasteiger partial charge >= 0.3 is 0 Å². The molecule has 1 atom stereocenters. The van der Waals surface area contributed by atoms with Crippen LogP contribution in [0.2, 0.25) is 0 Å². The van der Waals surface area contributed by atoms with E-state index in [4.69, 9.17) is 15.1 Å². The van der Waals surface area contributed by atoms with Crippen molar-refractivity contribution in [3.05, 3.63) is 70.5 Å².